The highest BCUT2D eigenvalue weighted by Crippen LogP contribution is 2.41. The Morgan fingerprint density at radius 2 is 0.686 bits per heavy atom. The van der Waals surface area contributed by atoms with Crippen molar-refractivity contribution in [1.29, 1.82) is 0 Å². The lowest BCUT2D eigenvalue weighted by molar-refractivity contribution is -0.378. The molecule has 4 N–H and O–H groups in total. The fraction of sp³-hybridized carbons (Fsp3) is 0.500. The van der Waals surface area contributed by atoms with Gasteiger partial charge in [-0.2, -0.15) is 0 Å². The molecule has 0 aliphatic carbocycles. The molecule has 28 heteroatoms. The minimum absolute atomic E-state index is 0.00787. The third-order valence-electron chi connectivity index (χ3n) is 17.3. The van der Waals surface area contributed by atoms with Crippen LogP contribution in [0.4, 0.5) is 0 Å². The number of hydrogen-bond acceptors (Lipinski definition) is 24. The smallest absolute Gasteiger partial charge is 0.303 e. The lowest BCUT2D eigenvalue weighted by Crippen LogP contribution is -2.73. The van der Waals surface area contributed by atoms with Crippen molar-refractivity contribution in [3.63, 3.8) is 0 Å². The first-order valence-corrected chi connectivity index (χ1v) is 33.8. The Morgan fingerprint density at radius 1 is 0.373 bits per heavy atom. The SMILES string of the molecule is CO[C@@H]1O[C@H](COCc2ccccc2)[C@@H](O[C@@H]2O[C@H](COCc3ccccc3)[C@@H](O[C@@H]3O[C@H](COCc4ccccc4)[C@@H](O[C@@H]4O[C@@H]5CO[C@@H](c6ccccc6)O[C@H]5[C@H](OCc5ccccc5)[C@H]4NC(C)=O)[C@H](OC(C)=O)[C@H]3NC(C)=O)[C@H](OC(C)=O)[C@H]2NC(C)=O)[C@H](OC(C)=O)[C@H]1NC(C)=O. The van der Waals surface area contributed by atoms with Gasteiger partial charge in [-0.25, -0.2) is 0 Å². The van der Waals surface area contributed by atoms with Gasteiger partial charge in [0.25, 0.3) is 0 Å². The van der Waals surface area contributed by atoms with Gasteiger partial charge >= 0.3 is 17.9 Å². The fourth-order valence-electron chi connectivity index (χ4n) is 13.1. The van der Waals surface area contributed by atoms with Crippen LogP contribution in [0.25, 0.3) is 0 Å². The lowest BCUT2D eigenvalue weighted by Gasteiger charge is -2.53. The Bertz CT molecular complexity index is 3500. The Kier molecular flexibility index (Phi) is 28.0. The molecule has 0 radical (unpaired) electrons. The van der Waals surface area contributed by atoms with Gasteiger partial charge in [-0.1, -0.05) is 152 Å². The van der Waals surface area contributed by atoms with Crippen molar-refractivity contribution in [3.05, 3.63) is 179 Å². The summed E-state index contributed by atoms with van der Waals surface area (Å²) < 4.78 is 112. The van der Waals surface area contributed by atoms with Gasteiger partial charge in [0.05, 0.1) is 52.9 Å². The number of methoxy groups -OCH3 is 1. The highest BCUT2D eigenvalue weighted by Gasteiger charge is 2.60. The van der Waals surface area contributed by atoms with E-state index in [-0.39, 0.29) is 52.9 Å². The maximum absolute atomic E-state index is 13.9. The summed E-state index contributed by atoms with van der Waals surface area (Å²) in [6, 6.07) is 40.7. The Balaban J connectivity index is 1.05. The van der Waals surface area contributed by atoms with E-state index < -0.39 is 170 Å². The second-order valence-corrected chi connectivity index (χ2v) is 25.3. The molecule has 10 rings (SSSR count). The summed E-state index contributed by atoms with van der Waals surface area (Å²) in [6.07, 6.45) is -23.2. The average Bonchev–Trinajstić information content (AvgIpc) is 0.762. The summed E-state index contributed by atoms with van der Waals surface area (Å²) in [4.78, 5) is 95.3. The maximum Gasteiger partial charge on any atom is 0.303 e. The summed E-state index contributed by atoms with van der Waals surface area (Å²) in [5.74, 6) is -4.91. The number of rotatable bonds is 30. The number of ether oxygens (including phenoxy) is 17. The second-order valence-electron chi connectivity index (χ2n) is 25.3. The number of amides is 4. The van der Waals surface area contributed by atoms with E-state index in [1.54, 1.807) is 0 Å². The van der Waals surface area contributed by atoms with E-state index in [0.29, 0.717) is 0 Å². The molecular formula is C74H90N4O24. The minimum Gasteiger partial charge on any atom is -0.457 e. The minimum atomic E-state index is -1.77. The molecule has 5 aliphatic heterocycles. The van der Waals surface area contributed by atoms with Crippen molar-refractivity contribution in [2.45, 2.75) is 204 Å². The van der Waals surface area contributed by atoms with E-state index in [9.17, 15) is 33.6 Å². The van der Waals surface area contributed by atoms with Crippen LogP contribution in [0.5, 0.6) is 0 Å². The number of benzene rings is 5. The Morgan fingerprint density at radius 3 is 1.03 bits per heavy atom. The Labute approximate surface area is 591 Å². The van der Waals surface area contributed by atoms with E-state index in [1.807, 2.05) is 152 Å². The van der Waals surface area contributed by atoms with Gasteiger partial charge in [-0.05, 0) is 22.3 Å². The van der Waals surface area contributed by atoms with Crippen LogP contribution in [0.3, 0.4) is 0 Å². The highest BCUT2D eigenvalue weighted by atomic mass is 16.8. The monoisotopic (exact) mass is 1420 g/mol. The quantitative estimate of drug-likeness (QED) is 0.0352. The molecule has 5 saturated heterocycles. The first-order chi connectivity index (χ1) is 49.3. The molecule has 28 nitrogen and oxygen atoms in total. The number of esters is 3. The maximum atomic E-state index is 13.9. The lowest BCUT2D eigenvalue weighted by atomic mass is 9.92. The molecule has 0 spiro atoms. The second kappa shape index (κ2) is 37.3. The third-order valence-corrected chi connectivity index (χ3v) is 17.3. The van der Waals surface area contributed by atoms with E-state index in [4.69, 9.17) is 80.5 Å². The molecule has 0 saturated carbocycles. The average molecular weight is 1420 g/mol. The summed E-state index contributed by atoms with van der Waals surface area (Å²) in [6.45, 7) is 7.59. The van der Waals surface area contributed by atoms with Crippen LogP contribution >= 0.6 is 0 Å². The molecule has 5 aliphatic rings. The van der Waals surface area contributed by atoms with Crippen LogP contribution in [0.2, 0.25) is 0 Å². The molecule has 0 aromatic heterocycles. The summed E-state index contributed by atoms with van der Waals surface area (Å²) in [5, 5.41) is 11.5. The molecule has 0 bridgehead atoms. The molecule has 4 amide bonds. The first-order valence-electron chi connectivity index (χ1n) is 33.8. The standard InChI is InChI=1S/C74H90N4O24/c1-42(79)75-58-66(90-37-52-30-20-12-21-31-52)62-57(41-91-70(99-62)53-32-22-13-23-33-53)98-72(58)100-64-55(39-88-35-50-26-16-10-17-27-50)96-74(60(77-44(3)81)68(64)93-47(6)84)102-65-56(40-89-36-51-28-18-11-19-29-51)97-73(61(78-45(4)82)69(65)94-48(7)85)101-63-54(38-87-34-49-24-14-9-15-25-49)95-71(86-8)59(76-43(2)80)67(63)92-46(5)83/h9-33,54-74H,34-41H2,1-8H3,(H,75,79)(H,76,80)(H,77,81)(H,78,82)/t54-,55-,56-,57-,58-,59-,60-,61-,62-,63-,64-,65-,66-,67-,68-,69-,70-,71-,72+,73+,74+/m1/s1. The van der Waals surface area contributed by atoms with Crippen LogP contribution in [-0.2, 0) is 141 Å². The van der Waals surface area contributed by atoms with Crippen LogP contribution in [-0.4, -0.2) is 198 Å². The zero-order chi connectivity index (χ0) is 72.2. The molecule has 102 heavy (non-hydrogen) atoms. The number of hydrogen-bond donors (Lipinski definition) is 4. The summed E-state index contributed by atoms with van der Waals surface area (Å²) in [7, 11) is 1.34. The summed E-state index contributed by atoms with van der Waals surface area (Å²) >= 11 is 0. The molecule has 5 aromatic carbocycles. The van der Waals surface area contributed by atoms with Gasteiger partial charge in [0.15, 0.2) is 49.8 Å². The van der Waals surface area contributed by atoms with Gasteiger partial charge in [-0.15, -0.1) is 0 Å². The van der Waals surface area contributed by atoms with Crippen molar-refractivity contribution >= 4 is 41.5 Å². The summed E-state index contributed by atoms with van der Waals surface area (Å²) in [5.41, 5.74) is 3.83. The topological polar surface area (TPSA) is 325 Å². The van der Waals surface area contributed by atoms with Gasteiger partial charge < -0.3 is 102 Å². The Hall–Kier alpha value is -8.17. The molecule has 21 atom stereocenters. The predicted molar refractivity (Wildman–Crippen MR) is 357 cm³/mol. The van der Waals surface area contributed by atoms with Crippen LogP contribution in [0.1, 0.15) is 82.6 Å². The van der Waals surface area contributed by atoms with E-state index in [1.165, 1.54) is 41.7 Å². The number of nitrogens with one attached hydrogen (secondary N) is 4. The third kappa shape index (κ3) is 21.0. The van der Waals surface area contributed by atoms with Gasteiger partial charge in [0.2, 0.25) is 23.6 Å². The fourth-order valence-corrected chi connectivity index (χ4v) is 13.1. The van der Waals surface area contributed by atoms with Crippen LogP contribution < -0.4 is 21.3 Å². The molecule has 5 aromatic rings. The number of carbonyl (C=O) groups is 7. The predicted octanol–water partition coefficient (Wildman–Crippen LogP) is 4.85. The van der Waals surface area contributed by atoms with Gasteiger partial charge in [-0.3, -0.25) is 33.6 Å². The van der Waals surface area contributed by atoms with Crippen molar-refractivity contribution in [3.8, 4) is 0 Å². The number of fused-ring (bicyclic) bond motifs is 1. The zero-order valence-electron chi connectivity index (χ0n) is 58.0. The molecule has 5 fully saturated rings. The zero-order valence-corrected chi connectivity index (χ0v) is 58.0. The van der Waals surface area contributed by atoms with Gasteiger partial charge in [0, 0.05) is 61.1 Å². The van der Waals surface area contributed by atoms with Crippen molar-refractivity contribution in [2.75, 3.05) is 33.5 Å². The van der Waals surface area contributed by atoms with E-state index in [0.717, 1.165) is 41.7 Å². The van der Waals surface area contributed by atoms with Crippen molar-refractivity contribution in [1.82, 2.24) is 21.3 Å². The van der Waals surface area contributed by atoms with Crippen LogP contribution in [0, 0.1) is 0 Å². The normalized spacial score (nSPS) is 30.6. The van der Waals surface area contributed by atoms with E-state index in [2.05, 4.69) is 21.3 Å². The number of carbonyl (C=O) groups excluding carboxylic acids is 7. The molecule has 550 valence electrons. The molecule has 0 unspecified atom stereocenters. The first kappa shape index (κ1) is 76.5. The largest absolute Gasteiger partial charge is 0.457 e. The van der Waals surface area contributed by atoms with E-state index >= 15 is 0 Å². The molecule has 5 heterocycles. The van der Waals surface area contributed by atoms with Gasteiger partial charge in [0.1, 0.15) is 79.1 Å². The highest BCUT2D eigenvalue weighted by molar-refractivity contribution is 5.75. The molecular weight excluding hydrogens is 1330 g/mol. The van der Waals surface area contributed by atoms with Crippen molar-refractivity contribution < 1.29 is 114 Å². The van der Waals surface area contributed by atoms with Crippen molar-refractivity contribution in [2.24, 2.45) is 0 Å². The van der Waals surface area contributed by atoms with Crippen LogP contribution in [0.15, 0.2) is 152 Å².